The van der Waals surface area contributed by atoms with Gasteiger partial charge < -0.3 is 14.8 Å². The van der Waals surface area contributed by atoms with Gasteiger partial charge in [-0.15, -0.1) is 0 Å². The lowest BCUT2D eigenvalue weighted by Gasteiger charge is -2.27. The van der Waals surface area contributed by atoms with E-state index < -0.39 is 0 Å². The van der Waals surface area contributed by atoms with Crippen LogP contribution in [0.5, 0.6) is 0 Å². The van der Waals surface area contributed by atoms with Gasteiger partial charge in [-0.1, -0.05) is 42.0 Å². The Morgan fingerprint density at radius 1 is 1.03 bits per heavy atom. The fraction of sp³-hybridized carbons (Fsp3) is 0.375. The number of nitrogens with one attached hydrogen (secondary N) is 1. The number of anilines is 1. The van der Waals surface area contributed by atoms with Crippen LogP contribution in [0.1, 0.15) is 36.8 Å². The molecular formula is C24H28N4O2. The van der Waals surface area contributed by atoms with E-state index in [9.17, 15) is 9.59 Å². The molecule has 1 aliphatic rings. The van der Waals surface area contributed by atoms with E-state index in [2.05, 4.69) is 15.2 Å². The third kappa shape index (κ3) is 4.53. The predicted octanol–water partition coefficient (Wildman–Crippen LogP) is 3.40. The molecule has 156 valence electrons. The van der Waals surface area contributed by atoms with Crippen LogP contribution in [-0.2, 0) is 17.9 Å². The van der Waals surface area contributed by atoms with Crippen LogP contribution in [0.4, 0.5) is 5.82 Å². The number of para-hydroxylation sites is 2. The molecule has 0 unspecified atom stereocenters. The number of carbonyl (C=O) groups excluding carboxylic acids is 1. The van der Waals surface area contributed by atoms with E-state index in [1.54, 1.807) is 4.57 Å². The third-order valence-electron chi connectivity index (χ3n) is 5.66. The van der Waals surface area contributed by atoms with E-state index >= 15 is 0 Å². The summed E-state index contributed by atoms with van der Waals surface area (Å²) in [5, 5.41) is 2.95. The first-order valence-corrected chi connectivity index (χ1v) is 10.7. The van der Waals surface area contributed by atoms with Crippen LogP contribution < -0.4 is 15.8 Å². The highest BCUT2D eigenvalue weighted by atomic mass is 16.2. The van der Waals surface area contributed by atoms with E-state index in [4.69, 9.17) is 0 Å². The van der Waals surface area contributed by atoms with Crippen molar-refractivity contribution < 1.29 is 4.79 Å². The molecule has 2 aromatic carbocycles. The molecule has 4 rings (SSSR count). The van der Waals surface area contributed by atoms with Gasteiger partial charge in [-0.25, -0.2) is 4.98 Å². The van der Waals surface area contributed by atoms with Gasteiger partial charge in [-0.3, -0.25) is 9.59 Å². The lowest BCUT2D eigenvalue weighted by molar-refractivity contribution is -0.121. The summed E-state index contributed by atoms with van der Waals surface area (Å²) in [7, 11) is 0. The Labute approximate surface area is 176 Å². The molecule has 0 aliphatic carbocycles. The third-order valence-corrected chi connectivity index (χ3v) is 5.66. The summed E-state index contributed by atoms with van der Waals surface area (Å²) in [5.41, 5.74) is 3.71. The highest BCUT2D eigenvalue weighted by Crippen LogP contribution is 2.18. The summed E-state index contributed by atoms with van der Waals surface area (Å²) >= 11 is 0. The maximum Gasteiger partial charge on any atom is 0.294 e. The van der Waals surface area contributed by atoms with Crippen molar-refractivity contribution in [3.63, 3.8) is 0 Å². The van der Waals surface area contributed by atoms with Gasteiger partial charge in [0.15, 0.2) is 5.82 Å². The van der Waals surface area contributed by atoms with Crippen molar-refractivity contribution in [1.82, 2.24) is 14.9 Å². The second-order valence-electron chi connectivity index (χ2n) is 7.94. The Morgan fingerprint density at radius 3 is 2.53 bits per heavy atom. The Hall–Kier alpha value is -3.15. The van der Waals surface area contributed by atoms with E-state index in [-0.39, 0.29) is 17.9 Å². The minimum atomic E-state index is -0.109. The summed E-state index contributed by atoms with van der Waals surface area (Å²) in [6.07, 6.45) is 3.60. The molecule has 30 heavy (non-hydrogen) atoms. The summed E-state index contributed by atoms with van der Waals surface area (Å²) in [6, 6.07) is 15.8. The number of piperidine rings is 1. The Bertz CT molecular complexity index is 1080. The van der Waals surface area contributed by atoms with Crippen molar-refractivity contribution in [2.45, 2.75) is 45.7 Å². The molecule has 1 aliphatic heterocycles. The molecule has 1 amide bonds. The lowest BCUT2D eigenvalue weighted by Crippen LogP contribution is -2.37. The van der Waals surface area contributed by atoms with Gasteiger partial charge in [0.05, 0.1) is 11.0 Å². The van der Waals surface area contributed by atoms with Crippen molar-refractivity contribution in [3.8, 4) is 0 Å². The van der Waals surface area contributed by atoms with E-state index in [1.165, 1.54) is 12.0 Å². The van der Waals surface area contributed by atoms with Gasteiger partial charge >= 0.3 is 0 Å². The fourth-order valence-electron chi connectivity index (χ4n) is 3.92. The van der Waals surface area contributed by atoms with Gasteiger partial charge in [0.2, 0.25) is 5.91 Å². The van der Waals surface area contributed by atoms with E-state index in [1.807, 2.05) is 55.5 Å². The second kappa shape index (κ2) is 9.11. The van der Waals surface area contributed by atoms with Crippen LogP contribution >= 0.6 is 0 Å². The van der Waals surface area contributed by atoms with Gasteiger partial charge in [0.1, 0.15) is 0 Å². The summed E-state index contributed by atoms with van der Waals surface area (Å²) in [4.78, 5) is 32.4. The average Bonchev–Trinajstić information content (AvgIpc) is 2.78. The molecule has 1 N–H and O–H groups in total. The zero-order valence-corrected chi connectivity index (χ0v) is 17.4. The number of carbonyl (C=O) groups is 1. The number of hydrogen-bond acceptors (Lipinski definition) is 4. The zero-order chi connectivity index (χ0) is 20.9. The number of aryl methyl sites for hydroxylation is 2. The first kappa shape index (κ1) is 20.1. The molecule has 1 aromatic heterocycles. The van der Waals surface area contributed by atoms with Gasteiger partial charge in [0.25, 0.3) is 5.56 Å². The standard InChI is InChI=1S/C24H28N4O2/c1-18-9-11-19(12-10-18)17-25-22(29)13-16-28-21-8-4-3-7-20(21)26-23(24(28)30)27-14-5-2-6-15-27/h3-4,7-12H,2,5-6,13-17H2,1H3,(H,25,29). The van der Waals surface area contributed by atoms with Crippen LogP contribution in [0, 0.1) is 6.92 Å². The highest BCUT2D eigenvalue weighted by Gasteiger charge is 2.19. The van der Waals surface area contributed by atoms with Gasteiger partial charge in [-0.05, 0) is 43.9 Å². The first-order valence-electron chi connectivity index (χ1n) is 10.7. The maximum atomic E-state index is 13.2. The molecular weight excluding hydrogens is 376 g/mol. The second-order valence-corrected chi connectivity index (χ2v) is 7.94. The molecule has 0 saturated carbocycles. The number of fused-ring (bicyclic) bond motifs is 1. The fourth-order valence-corrected chi connectivity index (χ4v) is 3.92. The topological polar surface area (TPSA) is 67.2 Å². The van der Waals surface area contributed by atoms with Crippen molar-refractivity contribution in [3.05, 3.63) is 70.0 Å². The minimum absolute atomic E-state index is 0.0668. The number of hydrogen-bond donors (Lipinski definition) is 1. The van der Waals surface area contributed by atoms with Crippen molar-refractivity contribution in [1.29, 1.82) is 0 Å². The number of nitrogens with zero attached hydrogens (tertiary/aromatic N) is 3. The highest BCUT2D eigenvalue weighted by molar-refractivity contribution is 5.78. The molecule has 0 atom stereocenters. The Kier molecular flexibility index (Phi) is 6.12. The molecule has 6 heteroatoms. The van der Waals surface area contributed by atoms with E-state index in [0.29, 0.717) is 18.9 Å². The monoisotopic (exact) mass is 404 g/mol. The summed E-state index contributed by atoms with van der Waals surface area (Å²) in [5.74, 6) is 0.441. The van der Waals surface area contributed by atoms with Crippen LogP contribution in [-0.4, -0.2) is 28.5 Å². The van der Waals surface area contributed by atoms with Crippen molar-refractivity contribution in [2.75, 3.05) is 18.0 Å². The van der Waals surface area contributed by atoms with Crippen LogP contribution in [0.25, 0.3) is 11.0 Å². The quantitative estimate of drug-likeness (QED) is 0.684. The van der Waals surface area contributed by atoms with Crippen LogP contribution in [0.2, 0.25) is 0 Å². The molecule has 3 aromatic rings. The predicted molar refractivity (Wildman–Crippen MR) is 120 cm³/mol. The molecule has 6 nitrogen and oxygen atoms in total. The zero-order valence-electron chi connectivity index (χ0n) is 17.4. The largest absolute Gasteiger partial charge is 0.352 e. The molecule has 2 heterocycles. The van der Waals surface area contributed by atoms with Gasteiger partial charge in [0, 0.05) is 32.6 Å². The first-order chi connectivity index (χ1) is 14.6. The number of benzene rings is 2. The maximum absolute atomic E-state index is 13.2. The summed E-state index contributed by atoms with van der Waals surface area (Å²) in [6.45, 7) is 4.58. The van der Waals surface area contributed by atoms with Crippen LogP contribution in [0.3, 0.4) is 0 Å². The Morgan fingerprint density at radius 2 is 1.77 bits per heavy atom. The average molecular weight is 405 g/mol. The van der Waals surface area contributed by atoms with E-state index in [0.717, 1.165) is 42.5 Å². The normalized spacial score (nSPS) is 14.1. The van der Waals surface area contributed by atoms with Crippen molar-refractivity contribution >= 4 is 22.8 Å². The minimum Gasteiger partial charge on any atom is -0.352 e. The molecule has 1 fully saturated rings. The molecule has 0 radical (unpaired) electrons. The van der Waals surface area contributed by atoms with Gasteiger partial charge in [-0.2, -0.15) is 0 Å². The number of amides is 1. The summed E-state index contributed by atoms with van der Waals surface area (Å²) < 4.78 is 1.71. The van der Waals surface area contributed by atoms with Crippen molar-refractivity contribution in [2.24, 2.45) is 0 Å². The lowest BCUT2D eigenvalue weighted by atomic mass is 10.1. The molecule has 1 saturated heterocycles. The van der Waals surface area contributed by atoms with Crippen LogP contribution in [0.15, 0.2) is 53.3 Å². The molecule has 0 bridgehead atoms. The Balaban J connectivity index is 1.51. The smallest absolute Gasteiger partial charge is 0.294 e. The number of rotatable bonds is 6. The SMILES string of the molecule is Cc1ccc(CNC(=O)CCn2c(=O)c(N3CCCCC3)nc3ccccc32)cc1. The molecule has 0 spiro atoms. The number of aromatic nitrogens is 2.